The molecule has 0 aliphatic rings. The number of hydrogen-bond donors (Lipinski definition) is 1. The van der Waals surface area contributed by atoms with Gasteiger partial charge < -0.3 is 9.84 Å². The predicted octanol–water partition coefficient (Wildman–Crippen LogP) is 3.88. The molecule has 0 bridgehead atoms. The van der Waals surface area contributed by atoms with Gasteiger partial charge in [0.2, 0.25) is 5.88 Å². The SMILES string of the molecule is CCCc1ccc(Oc2ccc([C@@H](C)O)cn2)cc1. The average Bonchev–Trinajstić information content (AvgIpc) is 2.42. The second-order valence-corrected chi connectivity index (χ2v) is 4.60. The van der Waals surface area contributed by atoms with Crippen LogP contribution in [0.2, 0.25) is 0 Å². The van der Waals surface area contributed by atoms with E-state index in [1.54, 1.807) is 19.2 Å². The predicted molar refractivity (Wildman–Crippen MR) is 75.4 cm³/mol. The summed E-state index contributed by atoms with van der Waals surface area (Å²) >= 11 is 0. The lowest BCUT2D eigenvalue weighted by atomic mass is 10.1. The number of ether oxygens (including phenoxy) is 1. The summed E-state index contributed by atoms with van der Waals surface area (Å²) in [7, 11) is 0. The van der Waals surface area contributed by atoms with Crippen molar-refractivity contribution in [3.63, 3.8) is 0 Å². The second-order valence-electron chi connectivity index (χ2n) is 4.60. The summed E-state index contributed by atoms with van der Waals surface area (Å²) in [6.45, 7) is 3.88. The zero-order chi connectivity index (χ0) is 13.7. The van der Waals surface area contributed by atoms with Crippen LogP contribution < -0.4 is 4.74 Å². The molecule has 1 N–H and O–H groups in total. The number of aryl methyl sites for hydroxylation is 1. The summed E-state index contributed by atoms with van der Waals surface area (Å²) in [6.07, 6.45) is 3.35. The van der Waals surface area contributed by atoms with E-state index in [4.69, 9.17) is 4.74 Å². The van der Waals surface area contributed by atoms with Gasteiger partial charge in [0.25, 0.3) is 0 Å². The Hall–Kier alpha value is -1.87. The minimum Gasteiger partial charge on any atom is -0.439 e. The number of pyridine rings is 1. The number of aromatic nitrogens is 1. The molecular weight excluding hydrogens is 238 g/mol. The van der Waals surface area contributed by atoms with Crippen molar-refractivity contribution in [2.45, 2.75) is 32.8 Å². The average molecular weight is 257 g/mol. The first-order valence-corrected chi connectivity index (χ1v) is 6.60. The van der Waals surface area contributed by atoms with Gasteiger partial charge in [0.05, 0.1) is 6.10 Å². The highest BCUT2D eigenvalue weighted by molar-refractivity contribution is 5.31. The Morgan fingerprint density at radius 2 is 1.89 bits per heavy atom. The van der Waals surface area contributed by atoms with Crippen molar-refractivity contribution in [1.29, 1.82) is 0 Å². The highest BCUT2D eigenvalue weighted by Gasteiger charge is 2.03. The number of benzene rings is 1. The summed E-state index contributed by atoms with van der Waals surface area (Å²) in [5.41, 5.74) is 2.10. The normalized spacial score (nSPS) is 12.2. The fraction of sp³-hybridized carbons (Fsp3) is 0.312. The van der Waals surface area contributed by atoms with E-state index in [1.807, 2.05) is 18.2 Å². The maximum absolute atomic E-state index is 9.40. The molecule has 100 valence electrons. The van der Waals surface area contributed by atoms with Crippen LogP contribution >= 0.6 is 0 Å². The summed E-state index contributed by atoms with van der Waals surface area (Å²) in [6, 6.07) is 11.6. The molecule has 0 spiro atoms. The fourth-order valence-electron chi connectivity index (χ4n) is 1.83. The molecule has 0 saturated carbocycles. The molecule has 2 aromatic rings. The van der Waals surface area contributed by atoms with Gasteiger partial charge in [-0.1, -0.05) is 25.5 Å². The van der Waals surface area contributed by atoms with Crippen LogP contribution in [0.1, 0.15) is 37.5 Å². The first-order valence-electron chi connectivity index (χ1n) is 6.60. The van der Waals surface area contributed by atoms with Crippen LogP contribution in [0.3, 0.4) is 0 Å². The van der Waals surface area contributed by atoms with Gasteiger partial charge in [-0.25, -0.2) is 4.98 Å². The van der Waals surface area contributed by atoms with Crippen LogP contribution in [0, 0.1) is 0 Å². The van der Waals surface area contributed by atoms with Crippen molar-refractivity contribution < 1.29 is 9.84 Å². The summed E-state index contributed by atoms with van der Waals surface area (Å²) in [5.74, 6) is 1.31. The quantitative estimate of drug-likeness (QED) is 0.883. The van der Waals surface area contributed by atoms with Crippen LogP contribution in [0.4, 0.5) is 0 Å². The molecule has 2 rings (SSSR count). The second kappa shape index (κ2) is 6.34. The summed E-state index contributed by atoms with van der Waals surface area (Å²) in [5, 5.41) is 9.40. The number of aliphatic hydroxyl groups is 1. The number of hydrogen-bond acceptors (Lipinski definition) is 3. The van der Waals surface area contributed by atoms with Gasteiger partial charge in [-0.15, -0.1) is 0 Å². The van der Waals surface area contributed by atoms with Crippen molar-refractivity contribution in [3.05, 3.63) is 53.7 Å². The highest BCUT2D eigenvalue weighted by Crippen LogP contribution is 2.21. The molecule has 0 aliphatic carbocycles. The van der Waals surface area contributed by atoms with Crippen molar-refractivity contribution in [1.82, 2.24) is 4.98 Å². The van der Waals surface area contributed by atoms with Crippen molar-refractivity contribution >= 4 is 0 Å². The van der Waals surface area contributed by atoms with Gasteiger partial charge in [-0.05, 0) is 42.7 Å². The van der Waals surface area contributed by atoms with Crippen molar-refractivity contribution in [3.8, 4) is 11.6 Å². The molecule has 3 nitrogen and oxygen atoms in total. The molecular formula is C16H19NO2. The van der Waals surface area contributed by atoms with Gasteiger partial charge in [0.15, 0.2) is 0 Å². The standard InChI is InChI=1S/C16H19NO2/c1-3-4-13-5-8-15(9-6-13)19-16-10-7-14(11-17-16)12(2)18/h5-12,18H,3-4H2,1-2H3/t12-/m1/s1. The molecule has 0 saturated heterocycles. The molecule has 0 aliphatic heterocycles. The lowest BCUT2D eigenvalue weighted by molar-refractivity contribution is 0.198. The van der Waals surface area contributed by atoms with Crippen LogP contribution in [0.15, 0.2) is 42.6 Å². The van der Waals surface area contributed by atoms with Gasteiger partial charge >= 0.3 is 0 Å². The molecule has 0 amide bonds. The van der Waals surface area contributed by atoms with Gasteiger partial charge in [-0.3, -0.25) is 0 Å². The van der Waals surface area contributed by atoms with E-state index >= 15 is 0 Å². The lowest BCUT2D eigenvalue weighted by Crippen LogP contribution is -1.93. The maximum atomic E-state index is 9.40. The zero-order valence-electron chi connectivity index (χ0n) is 11.3. The Morgan fingerprint density at radius 1 is 1.16 bits per heavy atom. The summed E-state index contributed by atoms with van der Waals surface area (Å²) < 4.78 is 5.65. The van der Waals surface area contributed by atoms with Crippen LogP contribution in [-0.2, 0) is 6.42 Å². The van der Waals surface area contributed by atoms with E-state index in [9.17, 15) is 5.11 Å². The molecule has 0 fully saturated rings. The van der Waals surface area contributed by atoms with E-state index in [0.717, 1.165) is 24.2 Å². The maximum Gasteiger partial charge on any atom is 0.219 e. The fourth-order valence-corrected chi connectivity index (χ4v) is 1.83. The Balaban J connectivity index is 2.04. The Morgan fingerprint density at radius 3 is 2.42 bits per heavy atom. The minimum atomic E-state index is -0.505. The largest absolute Gasteiger partial charge is 0.439 e. The molecule has 0 unspecified atom stereocenters. The number of nitrogens with zero attached hydrogens (tertiary/aromatic N) is 1. The molecule has 19 heavy (non-hydrogen) atoms. The first kappa shape index (κ1) is 13.6. The van der Waals surface area contributed by atoms with E-state index in [2.05, 4.69) is 24.0 Å². The topological polar surface area (TPSA) is 42.4 Å². The molecule has 1 aromatic carbocycles. The van der Waals surface area contributed by atoms with E-state index in [0.29, 0.717) is 5.88 Å². The molecule has 3 heteroatoms. The zero-order valence-corrected chi connectivity index (χ0v) is 11.3. The van der Waals surface area contributed by atoms with E-state index in [1.165, 1.54) is 5.56 Å². The molecule has 0 radical (unpaired) electrons. The first-order chi connectivity index (χ1) is 9.19. The smallest absolute Gasteiger partial charge is 0.219 e. The third-order valence-corrected chi connectivity index (χ3v) is 2.93. The lowest BCUT2D eigenvalue weighted by Gasteiger charge is -2.07. The van der Waals surface area contributed by atoms with Crippen LogP contribution in [0.25, 0.3) is 0 Å². The number of aliphatic hydroxyl groups excluding tert-OH is 1. The van der Waals surface area contributed by atoms with E-state index < -0.39 is 6.10 Å². The van der Waals surface area contributed by atoms with Crippen LogP contribution in [-0.4, -0.2) is 10.1 Å². The Bertz CT molecular complexity index is 503. The Kier molecular flexibility index (Phi) is 4.53. The number of rotatable bonds is 5. The van der Waals surface area contributed by atoms with Crippen molar-refractivity contribution in [2.24, 2.45) is 0 Å². The molecule has 1 heterocycles. The summed E-state index contributed by atoms with van der Waals surface area (Å²) in [4.78, 5) is 4.17. The third kappa shape index (κ3) is 3.80. The Labute approximate surface area is 113 Å². The molecule has 1 atom stereocenters. The third-order valence-electron chi connectivity index (χ3n) is 2.93. The van der Waals surface area contributed by atoms with Crippen LogP contribution in [0.5, 0.6) is 11.6 Å². The van der Waals surface area contributed by atoms with E-state index in [-0.39, 0.29) is 0 Å². The van der Waals surface area contributed by atoms with Gasteiger partial charge in [0, 0.05) is 12.3 Å². The van der Waals surface area contributed by atoms with Gasteiger partial charge in [0.1, 0.15) is 5.75 Å². The van der Waals surface area contributed by atoms with Crippen molar-refractivity contribution in [2.75, 3.05) is 0 Å². The monoisotopic (exact) mass is 257 g/mol. The highest BCUT2D eigenvalue weighted by atomic mass is 16.5. The van der Waals surface area contributed by atoms with Gasteiger partial charge in [-0.2, -0.15) is 0 Å². The molecule has 1 aromatic heterocycles. The minimum absolute atomic E-state index is 0.505.